The zero-order valence-corrected chi connectivity index (χ0v) is 18.3. The Morgan fingerprint density at radius 1 is 1.19 bits per heavy atom. The number of carbonyl (C=O) groups excluding carboxylic acids is 3. The summed E-state index contributed by atoms with van der Waals surface area (Å²) in [7, 11) is 0. The normalized spacial score (nSPS) is 10.9. The lowest BCUT2D eigenvalue weighted by Gasteiger charge is -2.07. The van der Waals surface area contributed by atoms with E-state index in [1.807, 2.05) is 0 Å². The van der Waals surface area contributed by atoms with Gasteiger partial charge >= 0.3 is 11.9 Å². The molecule has 2 aromatic rings. The minimum atomic E-state index is -0.658. The number of nitrogens with zero attached hydrogens (tertiary/aromatic N) is 1. The Hall–Kier alpha value is -3.53. The molecule has 0 saturated heterocycles. The fourth-order valence-electron chi connectivity index (χ4n) is 2.55. The van der Waals surface area contributed by atoms with Crippen LogP contribution in [0.1, 0.15) is 51.9 Å². The quantitative estimate of drug-likeness (QED) is 0.276. The van der Waals surface area contributed by atoms with Crippen LogP contribution in [0.15, 0.2) is 30.3 Å². The molecule has 1 aromatic heterocycles. The van der Waals surface area contributed by atoms with Crippen LogP contribution in [0.5, 0.6) is 0 Å². The number of hydrogen-bond acceptors (Lipinski definition) is 8. The second kappa shape index (κ2) is 10.5. The minimum Gasteiger partial charge on any atom is -0.462 e. The number of amides is 1. The lowest BCUT2D eigenvalue weighted by molar-refractivity contribution is -0.384. The number of rotatable bonds is 8. The van der Waals surface area contributed by atoms with Crippen molar-refractivity contribution in [2.75, 3.05) is 11.9 Å². The van der Waals surface area contributed by atoms with E-state index in [4.69, 9.17) is 9.47 Å². The lowest BCUT2D eigenvalue weighted by Crippen LogP contribution is -2.13. The van der Waals surface area contributed by atoms with E-state index in [9.17, 15) is 24.5 Å². The molecule has 0 bridgehead atoms. The molecule has 1 aromatic carbocycles. The van der Waals surface area contributed by atoms with Crippen molar-refractivity contribution in [2.24, 2.45) is 0 Å². The second-order valence-corrected chi connectivity index (χ2v) is 7.63. The molecule has 0 aliphatic carbocycles. The van der Waals surface area contributed by atoms with Crippen LogP contribution < -0.4 is 5.32 Å². The molecule has 0 aliphatic rings. The van der Waals surface area contributed by atoms with Crippen LogP contribution >= 0.6 is 11.3 Å². The Labute approximate surface area is 182 Å². The lowest BCUT2D eigenvalue weighted by atomic mass is 10.1. The van der Waals surface area contributed by atoms with Crippen LogP contribution in [0.4, 0.5) is 10.7 Å². The van der Waals surface area contributed by atoms with E-state index in [0.29, 0.717) is 11.1 Å². The first kappa shape index (κ1) is 23.7. The standard InChI is InChI=1S/C21H22N2O7S/c1-5-29-20(25)17-13(4)18(21(26)30-12(2)3)31-19(17)22-16(24)11-8-14-6-9-15(10-7-14)23(27)28/h6-12H,5H2,1-4H3,(H,22,24)/b11-8+. The summed E-state index contributed by atoms with van der Waals surface area (Å²) in [5.41, 5.74) is 0.980. The monoisotopic (exact) mass is 446 g/mol. The van der Waals surface area contributed by atoms with Gasteiger partial charge in [-0.1, -0.05) is 0 Å². The molecule has 164 valence electrons. The number of nitrogens with one attached hydrogen (secondary N) is 1. The smallest absolute Gasteiger partial charge is 0.348 e. The van der Waals surface area contributed by atoms with E-state index >= 15 is 0 Å². The summed E-state index contributed by atoms with van der Waals surface area (Å²) in [6.07, 6.45) is 2.34. The van der Waals surface area contributed by atoms with Gasteiger partial charge in [-0.15, -0.1) is 11.3 Å². The van der Waals surface area contributed by atoms with Gasteiger partial charge in [-0.3, -0.25) is 14.9 Å². The van der Waals surface area contributed by atoms with Gasteiger partial charge in [0.2, 0.25) is 5.91 Å². The van der Waals surface area contributed by atoms with Gasteiger partial charge in [-0.2, -0.15) is 0 Å². The first-order chi connectivity index (χ1) is 14.6. The fraction of sp³-hybridized carbons (Fsp3) is 0.286. The Bertz CT molecular complexity index is 1020. The van der Waals surface area contributed by atoms with E-state index in [1.165, 1.54) is 36.4 Å². The topological polar surface area (TPSA) is 125 Å². The van der Waals surface area contributed by atoms with Gasteiger partial charge in [-0.25, -0.2) is 9.59 Å². The van der Waals surface area contributed by atoms with Crippen molar-refractivity contribution in [1.29, 1.82) is 0 Å². The minimum absolute atomic E-state index is 0.0597. The number of esters is 2. The molecule has 9 nitrogen and oxygen atoms in total. The Balaban J connectivity index is 2.26. The van der Waals surface area contributed by atoms with E-state index in [1.54, 1.807) is 27.7 Å². The molecule has 0 atom stereocenters. The largest absolute Gasteiger partial charge is 0.462 e. The van der Waals surface area contributed by atoms with E-state index in [2.05, 4.69) is 5.32 Å². The predicted octanol–water partition coefficient (Wildman–Crippen LogP) is 4.36. The van der Waals surface area contributed by atoms with Crippen molar-refractivity contribution in [3.63, 3.8) is 0 Å². The second-order valence-electron chi connectivity index (χ2n) is 6.61. The van der Waals surface area contributed by atoms with Gasteiger partial charge in [0.25, 0.3) is 5.69 Å². The maximum Gasteiger partial charge on any atom is 0.348 e. The van der Waals surface area contributed by atoms with Crippen molar-refractivity contribution in [3.05, 3.63) is 62.0 Å². The Morgan fingerprint density at radius 3 is 2.39 bits per heavy atom. The summed E-state index contributed by atoms with van der Waals surface area (Å²) in [6, 6.07) is 5.65. The molecular weight excluding hydrogens is 424 g/mol. The SMILES string of the molecule is CCOC(=O)c1c(NC(=O)/C=C/c2ccc([N+](=O)[O-])cc2)sc(C(=O)OC(C)C)c1C. The highest BCUT2D eigenvalue weighted by Gasteiger charge is 2.27. The highest BCUT2D eigenvalue weighted by molar-refractivity contribution is 7.18. The van der Waals surface area contributed by atoms with Crippen molar-refractivity contribution < 1.29 is 28.8 Å². The summed E-state index contributed by atoms with van der Waals surface area (Å²) in [4.78, 5) is 47.5. The average Bonchev–Trinajstić information content (AvgIpc) is 3.02. The molecule has 0 spiro atoms. The molecule has 0 aliphatic heterocycles. The van der Waals surface area contributed by atoms with Crippen LogP contribution in [0, 0.1) is 17.0 Å². The molecule has 2 rings (SSSR count). The first-order valence-corrected chi connectivity index (χ1v) is 10.2. The average molecular weight is 446 g/mol. The highest BCUT2D eigenvalue weighted by Crippen LogP contribution is 2.34. The molecule has 1 N–H and O–H groups in total. The number of benzene rings is 1. The fourth-order valence-corrected chi connectivity index (χ4v) is 3.63. The summed E-state index contributed by atoms with van der Waals surface area (Å²) in [6.45, 7) is 6.78. The van der Waals surface area contributed by atoms with Crippen LogP contribution in [-0.2, 0) is 14.3 Å². The van der Waals surface area contributed by atoms with Crippen molar-refractivity contribution in [3.8, 4) is 0 Å². The van der Waals surface area contributed by atoms with E-state index in [0.717, 1.165) is 11.3 Å². The molecular formula is C21H22N2O7S. The van der Waals surface area contributed by atoms with Crippen molar-refractivity contribution in [1.82, 2.24) is 0 Å². The van der Waals surface area contributed by atoms with Gasteiger partial charge in [0.15, 0.2) is 0 Å². The van der Waals surface area contributed by atoms with Gasteiger partial charge in [-0.05, 0) is 57.0 Å². The molecule has 10 heteroatoms. The number of non-ortho nitro benzene ring substituents is 1. The number of nitro benzene ring substituents is 1. The third-order valence-electron chi connectivity index (χ3n) is 3.92. The van der Waals surface area contributed by atoms with Gasteiger partial charge in [0, 0.05) is 18.2 Å². The highest BCUT2D eigenvalue weighted by atomic mass is 32.1. The molecule has 0 fully saturated rings. The van der Waals surface area contributed by atoms with Crippen LogP contribution in [0.3, 0.4) is 0 Å². The third-order valence-corrected chi connectivity index (χ3v) is 5.11. The first-order valence-electron chi connectivity index (χ1n) is 9.39. The molecule has 0 unspecified atom stereocenters. The van der Waals surface area contributed by atoms with Crippen LogP contribution in [0.2, 0.25) is 0 Å². The Morgan fingerprint density at radius 2 is 1.84 bits per heavy atom. The third kappa shape index (κ3) is 6.22. The zero-order valence-electron chi connectivity index (χ0n) is 17.5. The maximum atomic E-state index is 12.4. The Kier molecular flexibility index (Phi) is 8.03. The number of ether oxygens (including phenoxy) is 2. The van der Waals surface area contributed by atoms with E-state index in [-0.39, 0.29) is 33.8 Å². The number of anilines is 1. The molecule has 1 heterocycles. The number of thiophene rings is 1. The predicted molar refractivity (Wildman–Crippen MR) is 116 cm³/mol. The zero-order chi connectivity index (χ0) is 23.1. The summed E-state index contributed by atoms with van der Waals surface area (Å²) in [5.74, 6) is -1.80. The summed E-state index contributed by atoms with van der Waals surface area (Å²) in [5, 5.41) is 13.5. The van der Waals surface area contributed by atoms with Gasteiger partial charge < -0.3 is 14.8 Å². The van der Waals surface area contributed by atoms with Crippen LogP contribution in [0.25, 0.3) is 6.08 Å². The van der Waals surface area contributed by atoms with Crippen LogP contribution in [-0.4, -0.2) is 35.5 Å². The molecule has 0 saturated carbocycles. The molecule has 31 heavy (non-hydrogen) atoms. The number of hydrogen-bond donors (Lipinski definition) is 1. The van der Waals surface area contributed by atoms with Gasteiger partial charge in [0.1, 0.15) is 9.88 Å². The number of carbonyl (C=O) groups is 3. The van der Waals surface area contributed by atoms with Gasteiger partial charge in [0.05, 0.1) is 23.2 Å². The molecule has 0 radical (unpaired) electrons. The summed E-state index contributed by atoms with van der Waals surface area (Å²) >= 11 is 0.929. The van der Waals surface area contributed by atoms with E-state index < -0.39 is 22.8 Å². The summed E-state index contributed by atoms with van der Waals surface area (Å²) < 4.78 is 10.3. The number of nitro groups is 1. The van der Waals surface area contributed by atoms with Crippen molar-refractivity contribution in [2.45, 2.75) is 33.8 Å². The molecule has 1 amide bonds. The maximum absolute atomic E-state index is 12.4. The van der Waals surface area contributed by atoms with Crippen molar-refractivity contribution >= 4 is 45.9 Å².